The third-order valence-electron chi connectivity index (χ3n) is 3.37. The van der Waals surface area contributed by atoms with Gasteiger partial charge in [0.05, 0.1) is 0 Å². The summed E-state index contributed by atoms with van der Waals surface area (Å²) in [4.78, 5) is 25.2. The summed E-state index contributed by atoms with van der Waals surface area (Å²) in [6.07, 6.45) is 2.45. The Balaban J connectivity index is 1.97. The molecule has 0 fully saturated rings. The molecule has 0 bridgehead atoms. The maximum absolute atomic E-state index is 12.2. The fourth-order valence-corrected chi connectivity index (χ4v) is 3.03. The molecule has 2 aromatic rings. The molecule has 0 saturated carbocycles. The lowest BCUT2D eigenvalue weighted by molar-refractivity contribution is 0.521. The first-order valence-corrected chi connectivity index (χ1v) is 8.05. The summed E-state index contributed by atoms with van der Waals surface area (Å²) in [6, 6.07) is 3.55. The molecular weight excluding hydrogens is 286 g/mol. The average Bonchev–Trinajstić information content (AvgIpc) is 2.87. The van der Waals surface area contributed by atoms with Gasteiger partial charge >= 0.3 is 5.69 Å². The van der Waals surface area contributed by atoms with Crippen LogP contribution in [0, 0.1) is 6.92 Å². The van der Waals surface area contributed by atoms with Gasteiger partial charge in [0.1, 0.15) is 0 Å². The first-order chi connectivity index (χ1) is 10.1. The first kappa shape index (κ1) is 15.7. The minimum atomic E-state index is -0.235. The molecule has 0 amide bonds. The molecule has 6 heteroatoms. The van der Waals surface area contributed by atoms with Crippen molar-refractivity contribution >= 4 is 11.3 Å². The van der Waals surface area contributed by atoms with E-state index in [2.05, 4.69) is 23.7 Å². The quantitative estimate of drug-likeness (QED) is 0.790. The fourth-order valence-electron chi connectivity index (χ4n) is 2.15. The van der Waals surface area contributed by atoms with Gasteiger partial charge in [-0.15, -0.1) is 11.3 Å². The van der Waals surface area contributed by atoms with Crippen molar-refractivity contribution in [1.29, 1.82) is 0 Å². The van der Waals surface area contributed by atoms with Crippen LogP contribution in [0.5, 0.6) is 0 Å². The summed E-state index contributed by atoms with van der Waals surface area (Å²) in [5.74, 6) is 0. The Bertz CT molecular complexity index is 699. The highest BCUT2D eigenvalue weighted by atomic mass is 32.1. The molecule has 0 aliphatic carbocycles. The highest BCUT2D eigenvalue weighted by Gasteiger charge is 2.05. The van der Waals surface area contributed by atoms with Gasteiger partial charge in [0.2, 0.25) is 0 Å². The molecule has 0 spiro atoms. The lowest BCUT2D eigenvalue weighted by atomic mass is 10.3. The van der Waals surface area contributed by atoms with Crippen LogP contribution in [-0.4, -0.2) is 15.7 Å². The summed E-state index contributed by atoms with van der Waals surface area (Å²) < 4.78 is 2.88. The normalized spacial score (nSPS) is 11.0. The van der Waals surface area contributed by atoms with Gasteiger partial charge in [-0.3, -0.25) is 9.36 Å². The average molecular weight is 307 g/mol. The van der Waals surface area contributed by atoms with Crippen molar-refractivity contribution < 1.29 is 0 Å². The molecule has 2 aromatic heterocycles. The van der Waals surface area contributed by atoms with Crippen molar-refractivity contribution in [3.05, 3.63) is 55.0 Å². The second kappa shape index (κ2) is 7.38. The maximum Gasteiger partial charge on any atom is 0.331 e. The van der Waals surface area contributed by atoms with E-state index in [1.165, 1.54) is 21.1 Å². The van der Waals surface area contributed by atoms with Crippen LogP contribution < -0.4 is 16.6 Å². The topological polar surface area (TPSA) is 56.0 Å². The van der Waals surface area contributed by atoms with Crippen molar-refractivity contribution in [2.45, 2.75) is 39.9 Å². The third-order valence-corrected chi connectivity index (χ3v) is 4.39. The smallest absolute Gasteiger partial charge is 0.310 e. The maximum atomic E-state index is 12.2. The molecule has 0 radical (unpaired) electrons. The Kier molecular flexibility index (Phi) is 5.52. The molecule has 21 heavy (non-hydrogen) atoms. The predicted molar refractivity (Wildman–Crippen MR) is 86.0 cm³/mol. The molecule has 0 aromatic carbocycles. The zero-order chi connectivity index (χ0) is 15.2. The largest absolute Gasteiger partial charge is 0.331 e. The van der Waals surface area contributed by atoms with E-state index in [0.29, 0.717) is 19.6 Å². The number of aromatic nitrogens is 2. The van der Waals surface area contributed by atoms with Crippen molar-refractivity contribution in [2.75, 3.05) is 6.54 Å². The van der Waals surface area contributed by atoms with Crippen LogP contribution in [0.2, 0.25) is 0 Å². The molecule has 2 heterocycles. The fraction of sp³-hybridized carbons (Fsp3) is 0.467. The van der Waals surface area contributed by atoms with Gasteiger partial charge in [-0.05, 0) is 30.4 Å². The van der Waals surface area contributed by atoms with Crippen molar-refractivity contribution in [3.63, 3.8) is 0 Å². The molecule has 1 N–H and O–H groups in total. The number of thiophene rings is 1. The highest BCUT2D eigenvalue weighted by Crippen LogP contribution is 2.14. The molecule has 5 nitrogen and oxygen atoms in total. The Morgan fingerprint density at radius 2 is 2.05 bits per heavy atom. The van der Waals surface area contributed by atoms with Crippen molar-refractivity contribution in [1.82, 2.24) is 14.5 Å². The van der Waals surface area contributed by atoms with Gasteiger partial charge < -0.3 is 9.88 Å². The minimum absolute atomic E-state index is 0.224. The van der Waals surface area contributed by atoms with Crippen LogP contribution in [0.4, 0.5) is 0 Å². The Hall–Kier alpha value is -1.66. The molecule has 0 unspecified atom stereocenters. The van der Waals surface area contributed by atoms with E-state index in [1.807, 2.05) is 6.92 Å². The van der Waals surface area contributed by atoms with Gasteiger partial charge in [0.25, 0.3) is 5.56 Å². The van der Waals surface area contributed by atoms with E-state index >= 15 is 0 Å². The SMILES string of the molecule is CCCn1ccc(=O)n(CCNCc2sccc2C)c1=O. The van der Waals surface area contributed by atoms with E-state index in [4.69, 9.17) is 0 Å². The summed E-state index contributed by atoms with van der Waals surface area (Å²) in [5.41, 5.74) is 0.814. The first-order valence-electron chi connectivity index (χ1n) is 7.17. The monoisotopic (exact) mass is 307 g/mol. The van der Waals surface area contributed by atoms with Gasteiger partial charge in [-0.25, -0.2) is 4.79 Å². The van der Waals surface area contributed by atoms with Gasteiger partial charge in [0.15, 0.2) is 0 Å². The predicted octanol–water partition coefficient (Wildman–Crippen LogP) is 1.58. The summed E-state index contributed by atoms with van der Waals surface area (Å²) in [6.45, 7) is 6.50. The van der Waals surface area contributed by atoms with E-state index in [9.17, 15) is 9.59 Å². The zero-order valence-corrected chi connectivity index (χ0v) is 13.3. The van der Waals surface area contributed by atoms with E-state index in [1.54, 1.807) is 22.1 Å². The highest BCUT2D eigenvalue weighted by molar-refractivity contribution is 7.10. The van der Waals surface area contributed by atoms with Gasteiger partial charge in [-0.1, -0.05) is 6.92 Å². The van der Waals surface area contributed by atoms with Crippen LogP contribution in [0.3, 0.4) is 0 Å². The third kappa shape index (κ3) is 3.92. The lowest BCUT2D eigenvalue weighted by Crippen LogP contribution is -2.41. The van der Waals surface area contributed by atoms with Crippen LogP contribution in [0.25, 0.3) is 0 Å². The summed E-state index contributed by atoms with van der Waals surface area (Å²) in [5, 5.41) is 5.35. The number of nitrogens with zero attached hydrogens (tertiary/aromatic N) is 2. The number of hydrogen-bond acceptors (Lipinski definition) is 4. The molecule has 0 aliphatic rings. The Labute approximate surface area is 127 Å². The number of aryl methyl sites for hydroxylation is 2. The molecule has 0 saturated heterocycles. The second-order valence-corrected chi connectivity index (χ2v) is 5.99. The molecular formula is C15H21N3O2S. The number of nitrogens with one attached hydrogen (secondary N) is 1. The number of rotatable bonds is 7. The van der Waals surface area contributed by atoms with Crippen LogP contribution >= 0.6 is 11.3 Å². The van der Waals surface area contributed by atoms with Crippen molar-refractivity contribution in [3.8, 4) is 0 Å². The Morgan fingerprint density at radius 3 is 2.71 bits per heavy atom. The molecule has 2 rings (SSSR count). The Morgan fingerprint density at radius 1 is 1.24 bits per heavy atom. The lowest BCUT2D eigenvalue weighted by Gasteiger charge is -2.09. The molecule has 114 valence electrons. The van der Waals surface area contributed by atoms with Crippen molar-refractivity contribution in [2.24, 2.45) is 0 Å². The van der Waals surface area contributed by atoms with E-state index < -0.39 is 0 Å². The number of hydrogen-bond donors (Lipinski definition) is 1. The minimum Gasteiger partial charge on any atom is -0.310 e. The summed E-state index contributed by atoms with van der Waals surface area (Å²) in [7, 11) is 0. The standard InChI is InChI=1S/C15H21N3O2S/c1-3-7-17-8-4-14(19)18(15(17)20)9-6-16-11-13-12(2)5-10-21-13/h4-5,8,10,16H,3,6-7,9,11H2,1-2H3. The van der Waals surface area contributed by atoms with Crippen LogP contribution in [-0.2, 0) is 19.6 Å². The van der Waals surface area contributed by atoms with Crippen LogP contribution in [0.15, 0.2) is 33.3 Å². The zero-order valence-electron chi connectivity index (χ0n) is 12.5. The second-order valence-electron chi connectivity index (χ2n) is 4.99. The van der Waals surface area contributed by atoms with Gasteiger partial charge in [0, 0.05) is 43.3 Å². The van der Waals surface area contributed by atoms with Gasteiger partial charge in [-0.2, -0.15) is 0 Å². The molecule has 0 atom stereocenters. The molecule has 0 aliphatic heterocycles. The van der Waals surface area contributed by atoms with E-state index in [0.717, 1.165) is 13.0 Å². The van der Waals surface area contributed by atoms with Crippen LogP contribution in [0.1, 0.15) is 23.8 Å². The van der Waals surface area contributed by atoms with E-state index in [-0.39, 0.29) is 11.2 Å². The summed E-state index contributed by atoms with van der Waals surface area (Å²) >= 11 is 1.71.